The Hall–Kier alpha value is -2.17. The van der Waals surface area contributed by atoms with E-state index < -0.39 is 11.6 Å². The van der Waals surface area contributed by atoms with Gasteiger partial charge in [-0.3, -0.25) is 9.59 Å². The summed E-state index contributed by atoms with van der Waals surface area (Å²) in [4.78, 5) is 33.2. The predicted octanol–water partition coefficient (Wildman–Crippen LogP) is 2.03. The third kappa shape index (κ3) is 4.54. The Morgan fingerprint density at radius 1 is 1.21 bits per heavy atom. The summed E-state index contributed by atoms with van der Waals surface area (Å²) >= 11 is 0. The highest BCUT2D eigenvalue weighted by Crippen LogP contribution is 2.19. The first-order chi connectivity index (χ1) is 8.87. The van der Waals surface area contributed by atoms with Gasteiger partial charge in [-0.2, -0.15) is 0 Å². The second-order valence-corrected chi connectivity index (χ2v) is 4.87. The first kappa shape index (κ1) is 14.9. The van der Waals surface area contributed by atoms with Gasteiger partial charge in [0, 0.05) is 5.56 Å². The number of carbonyl (C=O) groups excluding carboxylic acids is 3. The summed E-state index contributed by atoms with van der Waals surface area (Å²) in [6.07, 6.45) is 1.08. The van der Waals surface area contributed by atoms with Crippen molar-refractivity contribution in [2.24, 2.45) is 0 Å². The van der Waals surface area contributed by atoms with Crippen LogP contribution in [0.15, 0.2) is 18.2 Å². The molecule has 0 atom stereocenters. The first-order valence-electron chi connectivity index (χ1n) is 5.75. The van der Waals surface area contributed by atoms with Gasteiger partial charge in [0.1, 0.15) is 11.4 Å². The molecule has 0 aliphatic carbocycles. The number of esters is 1. The maximum absolute atomic E-state index is 11.5. The van der Waals surface area contributed by atoms with Crippen molar-refractivity contribution in [2.75, 3.05) is 6.61 Å². The van der Waals surface area contributed by atoms with E-state index in [1.807, 2.05) is 0 Å². The van der Waals surface area contributed by atoms with Gasteiger partial charge in [-0.15, -0.1) is 0 Å². The molecule has 0 saturated heterocycles. The maximum Gasteiger partial charge on any atom is 0.344 e. The lowest BCUT2D eigenvalue weighted by Gasteiger charge is -2.19. The van der Waals surface area contributed by atoms with E-state index in [0.29, 0.717) is 12.6 Å². The van der Waals surface area contributed by atoms with Gasteiger partial charge >= 0.3 is 5.97 Å². The van der Waals surface area contributed by atoms with Gasteiger partial charge < -0.3 is 9.47 Å². The van der Waals surface area contributed by atoms with Gasteiger partial charge in [-0.05, 0) is 26.8 Å². The quantitative estimate of drug-likeness (QED) is 0.601. The highest BCUT2D eigenvalue weighted by atomic mass is 16.6. The molecule has 0 spiro atoms. The van der Waals surface area contributed by atoms with Crippen LogP contribution in [0.5, 0.6) is 5.75 Å². The van der Waals surface area contributed by atoms with Crippen molar-refractivity contribution in [1.82, 2.24) is 0 Å². The molecule has 0 aliphatic rings. The van der Waals surface area contributed by atoms with E-state index in [0.717, 1.165) is 0 Å². The van der Waals surface area contributed by atoms with Crippen molar-refractivity contribution in [3.8, 4) is 5.75 Å². The largest absolute Gasteiger partial charge is 0.481 e. The molecule has 0 aromatic heterocycles. The number of aldehydes is 2. The molecule has 0 fully saturated rings. The molecular weight excluding hydrogens is 248 g/mol. The Morgan fingerprint density at radius 2 is 1.89 bits per heavy atom. The fourth-order valence-electron chi connectivity index (χ4n) is 1.42. The molecule has 1 aromatic rings. The lowest BCUT2D eigenvalue weighted by molar-refractivity contribution is -0.157. The van der Waals surface area contributed by atoms with Crippen LogP contribution in [0.25, 0.3) is 0 Å². The molecule has 0 N–H and O–H groups in total. The third-order valence-electron chi connectivity index (χ3n) is 2.11. The molecule has 0 bridgehead atoms. The van der Waals surface area contributed by atoms with Gasteiger partial charge in [0.15, 0.2) is 19.2 Å². The van der Waals surface area contributed by atoms with Gasteiger partial charge in [-0.25, -0.2) is 4.79 Å². The van der Waals surface area contributed by atoms with Crippen LogP contribution in [0.2, 0.25) is 0 Å². The molecular formula is C14H16O5. The van der Waals surface area contributed by atoms with Crippen molar-refractivity contribution in [1.29, 1.82) is 0 Å². The summed E-state index contributed by atoms with van der Waals surface area (Å²) in [7, 11) is 0. The summed E-state index contributed by atoms with van der Waals surface area (Å²) in [5.41, 5.74) is -0.253. The molecule has 1 rings (SSSR count). The summed E-state index contributed by atoms with van der Waals surface area (Å²) < 4.78 is 10.3. The molecule has 0 radical (unpaired) electrons. The van der Waals surface area contributed by atoms with Crippen molar-refractivity contribution >= 4 is 18.5 Å². The third-order valence-corrected chi connectivity index (χ3v) is 2.11. The molecule has 0 aliphatic heterocycles. The lowest BCUT2D eigenvalue weighted by Crippen LogP contribution is -2.27. The summed E-state index contributed by atoms with van der Waals surface area (Å²) in [6.45, 7) is 4.92. The first-order valence-corrected chi connectivity index (χ1v) is 5.75. The summed E-state index contributed by atoms with van der Waals surface area (Å²) in [6, 6.07) is 4.58. The molecule has 102 valence electrons. The van der Waals surface area contributed by atoms with E-state index in [2.05, 4.69) is 0 Å². The fourth-order valence-corrected chi connectivity index (χ4v) is 1.42. The molecule has 0 heterocycles. The van der Waals surface area contributed by atoms with Crippen LogP contribution in [-0.2, 0) is 9.53 Å². The van der Waals surface area contributed by atoms with E-state index in [4.69, 9.17) is 9.47 Å². The van der Waals surface area contributed by atoms with Crippen molar-refractivity contribution in [3.05, 3.63) is 29.3 Å². The number of hydrogen-bond donors (Lipinski definition) is 0. The van der Waals surface area contributed by atoms with Gasteiger partial charge in [0.05, 0.1) is 5.56 Å². The molecule has 0 unspecified atom stereocenters. The Morgan fingerprint density at radius 3 is 2.42 bits per heavy atom. The van der Waals surface area contributed by atoms with Gasteiger partial charge in [-0.1, -0.05) is 12.1 Å². The van der Waals surface area contributed by atoms with E-state index in [1.54, 1.807) is 26.8 Å². The minimum absolute atomic E-state index is 0.126. The molecule has 5 nitrogen and oxygen atoms in total. The molecule has 1 aromatic carbocycles. The lowest BCUT2D eigenvalue weighted by atomic mass is 10.1. The van der Waals surface area contributed by atoms with Crippen molar-refractivity contribution < 1.29 is 23.9 Å². The van der Waals surface area contributed by atoms with Crippen LogP contribution < -0.4 is 4.74 Å². The summed E-state index contributed by atoms with van der Waals surface area (Å²) in [5, 5.41) is 0. The highest BCUT2D eigenvalue weighted by molar-refractivity contribution is 5.93. The molecule has 0 saturated carbocycles. The molecule has 5 heteroatoms. The van der Waals surface area contributed by atoms with E-state index >= 15 is 0 Å². The average Bonchev–Trinajstić information content (AvgIpc) is 2.33. The fraction of sp³-hybridized carbons (Fsp3) is 0.357. The van der Waals surface area contributed by atoms with Crippen LogP contribution in [-0.4, -0.2) is 30.7 Å². The van der Waals surface area contributed by atoms with Crippen molar-refractivity contribution in [2.45, 2.75) is 26.4 Å². The number of ether oxygens (including phenoxy) is 2. The number of rotatable bonds is 5. The Labute approximate surface area is 111 Å². The van der Waals surface area contributed by atoms with Crippen LogP contribution in [0.4, 0.5) is 0 Å². The van der Waals surface area contributed by atoms with Gasteiger partial charge in [0.2, 0.25) is 0 Å². The standard InChI is InChI=1S/C14H16O5/c1-14(2,3)19-13(17)9-18-12-6-4-5-10(7-15)11(12)8-16/h4-8H,9H2,1-3H3. The SMILES string of the molecule is CC(C)(C)OC(=O)COc1cccc(C=O)c1C=O. The second kappa shape index (κ2) is 6.13. The maximum atomic E-state index is 11.5. The van der Waals surface area contributed by atoms with Crippen LogP contribution in [0.3, 0.4) is 0 Å². The topological polar surface area (TPSA) is 69.7 Å². The smallest absolute Gasteiger partial charge is 0.344 e. The van der Waals surface area contributed by atoms with Gasteiger partial charge in [0.25, 0.3) is 0 Å². The zero-order valence-electron chi connectivity index (χ0n) is 11.1. The van der Waals surface area contributed by atoms with Crippen molar-refractivity contribution in [3.63, 3.8) is 0 Å². The van der Waals surface area contributed by atoms with Crippen LogP contribution >= 0.6 is 0 Å². The van der Waals surface area contributed by atoms with E-state index in [1.165, 1.54) is 12.1 Å². The minimum atomic E-state index is -0.599. The minimum Gasteiger partial charge on any atom is -0.481 e. The zero-order chi connectivity index (χ0) is 14.5. The van der Waals surface area contributed by atoms with Crippen LogP contribution in [0.1, 0.15) is 41.5 Å². The zero-order valence-corrected chi connectivity index (χ0v) is 11.1. The number of hydrogen-bond acceptors (Lipinski definition) is 5. The molecule has 0 amide bonds. The highest BCUT2D eigenvalue weighted by Gasteiger charge is 2.17. The monoisotopic (exact) mass is 264 g/mol. The second-order valence-electron chi connectivity index (χ2n) is 4.87. The molecule has 19 heavy (non-hydrogen) atoms. The van der Waals surface area contributed by atoms with E-state index in [-0.39, 0.29) is 23.5 Å². The Kier molecular flexibility index (Phi) is 4.80. The predicted molar refractivity (Wildman–Crippen MR) is 68.6 cm³/mol. The van der Waals surface area contributed by atoms with E-state index in [9.17, 15) is 14.4 Å². The average molecular weight is 264 g/mol. The number of carbonyl (C=O) groups is 3. The van der Waals surface area contributed by atoms with Crippen LogP contribution in [0, 0.1) is 0 Å². The Bertz CT molecular complexity index is 485. The summed E-state index contributed by atoms with van der Waals surface area (Å²) in [5.74, 6) is -0.355. The Balaban J connectivity index is 2.76. The normalized spacial score (nSPS) is 10.7. The number of benzene rings is 1.